The van der Waals surface area contributed by atoms with Gasteiger partial charge in [-0.1, -0.05) is 30.3 Å². The van der Waals surface area contributed by atoms with Crippen molar-refractivity contribution >= 4 is 5.69 Å². The Morgan fingerprint density at radius 2 is 1.71 bits per heavy atom. The maximum Gasteiger partial charge on any atom is 0.191 e. The van der Waals surface area contributed by atoms with E-state index in [1.807, 2.05) is 32.0 Å². The molecule has 0 aliphatic rings. The summed E-state index contributed by atoms with van der Waals surface area (Å²) in [6.45, 7) is 5.35. The van der Waals surface area contributed by atoms with Crippen LogP contribution in [0.4, 0.5) is 5.69 Å². The highest BCUT2D eigenvalue weighted by molar-refractivity contribution is 5.49. The molecule has 24 heavy (non-hydrogen) atoms. The smallest absolute Gasteiger partial charge is 0.191 e. The minimum absolute atomic E-state index is 0.272. The van der Waals surface area contributed by atoms with Crippen LogP contribution in [0.25, 0.3) is 0 Å². The van der Waals surface area contributed by atoms with Crippen LogP contribution in [0.2, 0.25) is 0 Å². The summed E-state index contributed by atoms with van der Waals surface area (Å²) in [6, 6.07) is 17.7. The van der Waals surface area contributed by atoms with Crippen LogP contribution in [0.3, 0.4) is 0 Å². The Bertz CT molecular complexity index is 779. The average molecular weight is 322 g/mol. The number of rotatable bonds is 6. The lowest BCUT2D eigenvalue weighted by Gasteiger charge is -2.24. The molecule has 0 aliphatic heterocycles. The molecule has 0 saturated carbocycles. The predicted octanol–water partition coefficient (Wildman–Crippen LogP) is 4.25. The van der Waals surface area contributed by atoms with E-state index in [9.17, 15) is 5.11 Å². The van der Waals surface area contributed by atoms with Gasteiger partial charge in [0, 0.05) is 19.2 Å². The molecule has 3 rings (SSSR count). The number of oxazole rings is 1. The average Bonchev–Trinajstić information content (AvgIpc) is 2.90. The summed E-state index contributed by atoms with van der Waals surface area (Å²) in [6.07, 6.45) is 0.938. The van der Waals surface area contributed by atoms with Crippen LogP contribution in [-0.2, 0) is 13.0 Å². The molecule has 0 atom stereocenters. The second-order valence-electron chi connectivity index (χ2n) is 5.92. The van der Waals surface area contributed by atoms with Gasteiger partial charge < -0.3 is 14.4 Å². The van der Waals surface area contributed by atoms with Crippen LogP contribution >= 0.6 is 0 Å². The molecule has 4 nitrogen and oxygen atoms in total. The highest BCUT2D eigenvalue weighted by atomic mass is 16.4. The summed E-state index contributed by atoms with van der Waals surface area (Å²) in [7, 11) is 0. The summed E-state index contributed by atoms with van der Waals surface area (Å²) in [5, 5.41) is 9.54. The zero-order chi connectivity index (χ0) is 16.9. The van der Waals surface area contributed by atoms with E-state index in [1.54, 1.807) is 12.1 Å². The van der Waals surface area contributed by atoms with E-state index in [0.717, 1.165) is 30.1 Å². The third-order valence-corrected chi connectivity index (χ3v) is 4.06. The van der Waals surface area contributed by atoms with E-state index >= 15 is 0 Å². The van der Waals surface area contributed by atoms with Crippen LogP contribution in [0, 0.1) is 13.8 Å². The number of aromatic hydroxyl groups is 1. The van der Waals surface area contributed by atoms with Gasteiger partial charge in [-0.15, -0.1) is 0 Å². The number of benzene rings is 2. The third-order valence-electron chi connectivity index (χ3n) is 4.06. The number of hydrogen-bond donors (Lipinski definition) is 1. The highest BCUT2D eigenvalue weighted by Gasteiger charge is 2.14. The van der Waals surface area contributed by atoms with Crippen molar-refractivity contribution in [2.75, 3.05) is 11.4 Å². The summed E-state index contributed by atoms with van der Waals surface area (Å²) in [5.41, 5.74) is 3.28. The minimum Gasteiger partial charge on any atom is -0.508 e. The maximum absolute atomic E-state index is 9.54. The first-order valence-corrected chi connectivity index (χ1v) is 8.12. The van der Waals surface area contributed by atoms with Gasteiger partial charge in [-0.05, 0) is 43.2 Å². The molecular weight excluding hydrogens is 300 g/mol. The Morgan fingerprint density at radius 3 is 2.33 bits per heavy atom. The Labute approximate surface area is 142 Å². The molecule has 1 heterocycles. The molecule has 0 aliphatic carbocycles. The van der Waals surface area contributed by atoms with E-state index in [-0.39, 0.29) is 5.75 Å². The van der Waals surface area contributed by atoms with Gasteiger partial charge in [0.1, 0.15) is 11.5 Å². The molecule has 3 aromatic rings. The van der Waals surface area contributed by atoms with Gasteiger partial charge >= 0.3 is 0 Å². The number of anilines is 1. The minimum atomic E-state index is 0.272. The van der Waals surface area contributed by atoms with E-state index in [4.69, 9.17) is 4.42 Å². The van der Waals surface area contributed by atoms with Crippen LogP contribution in [0.1, 0.15) is 22.9 Å². The van der Waals surface area contributed by atoms with Crippen LogP contribution in [0.5, 0.6) is 5.75 Å². The molecule has 0 bridgehead atoms. The normalized spacial score (nSPS) is 10.8. The van der Waals surface area contributed by atoms with Crippen molar-refractivity contribution in [3.05, 3.63) is 77.5 Å². The van der Waals surface area contributed by atoms with Crippen LogP contribution in [-0.4, -0.2) is 16.6 Å². The zero-order valence-corrected chi connectivity index (χ0v) is 14.1. The maximum atomic E-state index is 9.54. The highest BCUT2D eigenvalue weighted by Crippen LogP contribution is 2.22. The van der Waals surface area contributed by atoms with Crippen molar-refractivity contribution in [1.82, 2.24) is 4.98 Å². The molecule has 0 fully saturated rings. The number of aryl methyl sites for hydroxylation is 2. The molecule has 4 heteroatoms. The topological polar surface area (TPSA) is 49.5 Å². The Morgan fingerprint density at radius 1 is 1.00 bits per heavy atom. The standard InChI is InChI=1S/C20H22N2O2/c1-15-20(24-16(2)21-15)14-22(18-8-10-19(23)11-9-18)13-12-17-6-4-3-5-7-17/h3-11,23H,12-14H2,1-2H3. The summed E-state index contributed by atoms with van der Waals surface area (Å²) < 4.78 is 5.74. The first kappa shape index (κ1) is 16.1. The first-order valence-electron chi connectivity index (χ1n) is 8.12. The molecule has 0 spiro atoms. The number of nitrogens with zero attached hydrogens (tertiary/aromatic N) is 2. The number of aromatic nitrogens is 1. The van der Waals surface area contributed by atoms with E-state index in [2.05, 4.69) is 34.1 Å². The number of phenols is 1. The number of phenolic OH excluding ortho intramolecular Hbond substituents is 1. The fourth-order valence-corrected chi connectivity index (χ4v) is 2.77. The van der Waals surface area contributed by atoms with Gasteiger partial charge in [-0.2, -0.15) is 0 Å². The third kappa shape index (κ3) is 3.96. The van der Waals surface area contributed by atoms with E-state index in [1.165, 1.54) is 5.56 Å². The number of hydrogen-bond acceptors (Lipinski definition) is 4. The first-order chi connectivity index (χ1) is 11.6. The Hall–Kier alpha value is -2.75. The van der Waals surface area contributed by atoms with Crippen LogP contribution < -0.4 is 4.90 Å². The van der Waals surface area contributed by atoms with E-state index < -0.39 is 0 Å². The molecule has 0 radical (unpaired) electrons. The second-order valence-corrected chi connectivity index (χ2v) is 5.92. The summed E-state index contributed by atoms with van der Waals surface area (Å²) in [4.78, 5) is 6.61. The zero-order valence-electron chi connectivity index (χ0n) is 14.1. The lowest BCUT2D eigenvalue weighted by atomic mass is 10.1. The monoisotopic (exact) mass is 322 g/mol. The van der Waals surface area contributed by atoms with Crippen molar-refractivity contribution < 1.29 is 9.52 Å². The molecule has 124 valence electrons. The summed E-state index contributed by atoms with van der Waals surface area (Å²) >= 11 is 0. The Kier molecular flexibility index (Phi) is 4.85. The van der Waals surface area contributed by atoms with Crippen molar-refractivity contribution in [2.45, 2.75) is 26.8 Å². The van der Waals surface area contributed by atoms with Gasteiger partial charge in [0.05, 0.1) is 12.2 Å². The molecular formula is C20H22N2O2. The molecule has 2 aromatic carbocycles. The lowest BCUT2D eigenvalue weighted by Crippen LogP contribution is -2.25. The quantitative estimate of drug-likeness (QED) is 0.737. The SMILES string of the molecule is Cc1nc(C)c(CN(CCc2ccccc2)c2ccc(O)cc2)o1. The lowest BCUT2D eigenvalue weighted by molar-refractivity contribution is 0.468. The molecule has 0 unspecified atom stereocenters. The second kappa shape index (κ2) is 7.21. The van der Waals surface area contributed by atoms with Crippen molar-refractivity contribution in [1.29, 1.82) is 0 Å². The molecule has 1 aromatic heterocycles. The van der Waals surface area contributed by atoms with Gasteiger partial charge in [-0.3, -0.25) is 0 Å². The molecule has 0 saturated heterocycles. The van der Waals surface area contributed by atoms with Crippen molar-refractivity contribution in [3.63, 3.8) is 0 Å². The van der Waals surface area contributed by atoms with Gasteiger partial charge in [0.2, 0.25) is 0 Å². The Balaban J connectivity index is 1.80. The van der Waals surface area contributed by atoms with Gasteiger partial charge in [0.25, 0.3) is 0 Å². The molecule has 0 amide bonds. The van der Waals surface area contributed by atoms with Crippen LogP contribution in [0.15, 0.2) is 59.0 Å². The predicted molar refractivity (Wildman–Crippen MR) is 95.3 cm³/mol. The fourth-order valence-electron chi connectivity index (χ4n) is 2.77. The van der Waals surface area contributed by atoms with Gasteiger partial charge in [-0.25, -0.2) is 4.98 Å². The van der Waals surface area contributed by atoms with Crippen molar-refractivity contribution in [3.8, 4) is 5.75 Å². The summed E-state index contributed by atoms with van der Waals surface area (Å²) in [5.74, 6) is 1.85. The largest absolute Gasteiger partial charge is 0.508 e. The van der Waals surface area contributed by atoms with Gasteiger partial charge in [0.15, 0.2) is 5.89 Å². The fraction of sp³-hybridized carbons (Fsp3) is 0.250. The van der Waals surface area contributed by atoms with Crippen molar-refractivity contribution in [2.24, 2.45) is 0 Å². The van der Waals surface area contributed by atoms with E-state index in [0.29, 0.717) is 12.4 Å². The molecule has 1 N–H and O–H groups in total.